The molecule has 1 aliphatic heterocycles. The lowest BCUT2D eigenvalue weighted by Crippen LogP contribution is -2.56. The predicted molar refractivity (Wildman–Crippen MR) is 71.3 cm³/mol. The quantitative estimate of drug-likeness (QED) is 0.789. The Hall–Kier alpha value is -1.52. The molecule has 2 N–H and O–H groups in total. The van der Waals surface area contributed by atoms with Crippen LogP contribution in [0.4, 0.5) is 4.79 Å². The summed E-state index contributed by atoms with van der Waals surface area (Å²) in [6, 6.07) is 0. The smallest absolute Gasteiger partial charge is 0.411 e. The van der Waals surface area contributed by atoms with Crippen LogP contribution in [0.25, 0.3) is 0 Å². The van der Waals surface area contributed by atoms with Crippen LogP contribution >= 0.6 is 0 Å². The Labute approximate surface area is 113 Å². The summed E-state index contributed by atoms with van der Waals surface area (Å²) in [6.45, 7) is 10.3. The first-order valence-corrected chi connectivity index (χ1v) is 6.66. The summed E-state index contributed by atoms with van der Waals surface area (Å²) >= 11 is 0. The molecule has 2 fully saturated rings. The number of hydrogen-bond donors (Lipinski definition) is 1. The molecule has 1 saturated carbocycles. The topological polar surface area (TPSA) is 72.6 Å². The Bertz CT molecular complexity index is 448. The van der Waals surface area contributed by atoms with Gasteiger partial charge in [0.2, 0.25) is 5.91 Å². The Morgan fingerprint density at radius 2 is 2.21 bits per heavy atom. The van der Waals surface area contributed by atoms with Gasteiger partial charge in [0.05, 0.1) is 5.54 Å². The monoisotopic (exact) mass is 266 g/mol. The summed E-state index contributed by atoms with van der Waals surface area (Å²) in [4.78, 5) is 24.8. The van der Waals surface area contributed by atoms with E-state index in [4.69, 9.17) is 10.5 Å². The van der Waals surface area contributed by atoms with Gasteiger partial charge in [-0.3, -0.25) is 9.69 Å². The summed E-state index contributed by atoms with van der Waals surface area (Å²) in [5, 5.41) is 0. The third-order valence-corrected chi connectivity index (χ3v) is 4.93. The van der Waals surface area contributed by atoms with Crippen molar-refractivity contribution in [3.63, 3.8) is 0 Å². The van der Waals surface area contributed by atoms with E-state index in [0.717, 1.165) is 18.4 Å². The van der Waals surface area contributed by atoms with Crippen molar-refractivity contribution in [2.24, 2.45) is 11.7 Å². The van der Waals surface area contributed by atoms with Crippen LogP contribution < -0.4 is 5.73 Å². The lowest BCUT2D eigenvalue weighted by molar-refractivity contribution is -0.118. The minimum Gasteiger partial charge on any atom is -0.441 e. The van der Waals surface area contributed by atoms with Crippen molar-refractivity contribution in [1.29, 1.82) is 0 Å². The molecule has 0 unspecified atom stereocenters. The van der Waals surface area contributed by atoms with E-state index in [1.807, 2.05) is 20.8 Å². The number of rotatable bonds is 4. The molecule has 1 heterocycles. The predicted octanol–water partition coefficient (Wildman–Crippen LogP) is 1.82. The highest BCUT2D eigenvalue weighted by Gasteiger charge is 2.66. The normalized spacial score (nSPS) is 37.1. The van der Waals surface area contributed by atoms with E-state index >= 15 is 0 Å². The van der Waals surface area contributed by atoms with E-state index in [1.165, 1.54) is 0 Å². The van der Waals surface area contributed by atoms with E-state index in [0.29, 0.717) is 6.54 Å². The van der Waals surface area contributed by atoms with Crippen LogP contribution in [0.1, 0.15) is 40.0 Å². The fraction of sp³-hybridized carbons (Fsp3) is 0.714. The molecule has 0 aromatic heterocycles. The lowest BCUT2D eigenvalue weighted by Gasteiger charge is -2.41. The largest absolute Gasteiger partial charge is 0.441 e. The van der Waals surface area contributed by atoms with Crippen LogP contribution in [0.5, 0.6) is 0 Å². The van der Waals surface area contributed by atoms with Crippen LogP contribution in [-0.4, -0.2) is 34.6 Å². The highest BCUT2D eigenvalue weighted by Crippen LogP contribution is 2.55. The van der Waals surface area contributed by atoms with Gasteiger partial charge >= 0.3 is 6.09 Å². The third-order valence-electron chi connectivity index (χ3n) is 4.93. The van der Waals surface area contributed by atoms with Crippen molar-refractivity contribution < 1.29 is 14.3 Å². The lowest BCUT2D eigenvalue weighted by atomic mass is 9.76. The van der Waals surface area contributed by atoms with Crippen molar-refractivity contribution in [1.82, 2.24) is 4.90 Å². The molecule has 0 aromatic carbocycles. The van der Waals surface area contributed by atoms with E-state index in [9.17, 15) is 9.59 Å². The van der Waals surface area contributed by atoms with Gasteiger partial charge in [0.25, 0.3) is 0 Å². The number of amides is 2. The maximum absolute atomic E-state index is 12.1. The molecule has 0 radical (unpaired) electrons. The number of carbonyl (C=O) groups is 2. The Morgan fingerprint density at radius 3 is 2.74 bits per heavy atom. The molecule has 2 amide bonds. The summed E-state index contributed by atoms with van der Waals surface area (Å²) in [5.74, 6) is -0.216. The third kappa shape index (κ3) is 1.83. The van der Waals surface area contributed by atoms with Crippen LogP contribution in [0.15, 0.2) is 12.2 Å². The molecule has 0 aromatic rings. The highest BCUT2D eigenvalue weighted by molar-refractivity contribution is 5.77. The zero-order valence-electron chi connectivity index (χ0n) is 11.9. The molecule has 106 valence electrons. The first-order valence-electron chi connectivity index (χ1n) is 6.66. The summed E-state index contributed by atoms with van der Waals surface area (Å²) in [5.41, 5.74) is 5.29. The number of carbonyl (C=O) groups excluding carboxylic acids is 2. The molecule has 5 heteroatoms. The highest BCUT2D eigenvalue weighted by atomic mass is 16.6. The van der Waals surface area contributed by atoms with Gasteiger partial charge in [0.15, 0.2) is 0 Å². The molecule has 19 heavy (non-hydrogen) atoms. The van der Waals surface area contributed by atoms with Gasteiger partial charge in [0.1, 0.15) is 5.60 Å². The minimum absolute atomic E-state index is 0.156. The molecule has 1 aliphatic carbocycles. The Balaban J connectivity index is 2.34. The standard InChI is InChI=1S/C14H22N2O3/c1-9(2)10-5-7-13(3)14(10,4)16(12(18)19-13)8-6-11(15)17/h10H,1,5-8H2,2-4H3,(H2,15,17)/t10-,13-,14-/m1/s1. The van der Waals surface area contributed by atoms with Gasteiger partial charge in [0, 0.05) is 18.9 Å². The second-order valence-corrected chi connectivity index (χ2v) is 6.05. The van der Waals surface area contributed by atoms with Crippen molar-refractivity contribution in [3.05, 3.63) is 12.2 Å². The number of primary amides is 1. The fourth-order valence-corrected chi connectivity index (χ4v) is 3.66. The van der Waals surface area contributed by atoms with Crippen molar-refractivity contribution in [3.8, 4) is 0 Å². The molecule has 2 rings (SSSR count). The minimum atomic E-state index is -0.509. The van der Waals surface area contributed by atoms with Gasteiger partial charge in [-0.2, -0.15) is 0 Å². The Morgan fingerprint density at radius 1 is 1.58 bits per heavy atom. The molecule has 3 atom stereocenters. The first kappa shape index (κ1) is 13.9. The molecule has 5 nitrogen and oxygen atoms in total. The van der Waals surface area contributed by atoms with Gasteiger partial charge in [-0.25, -0.2) is 4.79 Å². The fourth-order valence-electron chi connectivity index (χ4n) is 3.66. The second kappa shape index (κ2) is 4.25. The average Bonchev–Trinajstić information content (AvgIpc) is 2.60. The van der Waals surface area contributed by atoms with E-state index in [-0.39, 0.29) is 18.4 Å². The SMILES string of the molecule is C=C(C)[C@H]1CC[C@@]2(C)OC(=O)N(CCC(N)=O)[C@]12C. The second-order valence-electron chi connectivity index (χ2n) is 6.05. The molecule has 2 aliphatic rings. The Kier molecular flexibility index (Phi) is 3.11. The van der Waals surface area contributed by atoms with Crippen molar-refractivity contribution in [2.45, 2.75) is 51.2 Å². The summed E-state index contributed by atoms with van der Waals surface area (Å²) < 4.78 is 5.59. The van der Waals surface area contributed by atoms with Gasteiger partial charge in [-0.05, 0) is 33.6 Å². The van der Waals surface area contributed by atoms with Crippen LogP contribution in [0.2, 0.25) is 0 Å². The molecular formula is C14H22N2O3. The van der Waals surface area contributed by atoms with Gasteiger partial charge in [-0.1, -0.05) is 12.2 Å². The van der Waals surface area contributed by atoms with E-state index in [1.54, 1.807) is 4.90 Å². The van der Waals surface area contributed by atoms with Gasteiger partial charge in [-0.15, -0.1) is 0 Å². The first-order chi connectivity index (χ1) is 8.72. The zero-order valence-corrected chi connectivity index (χ0v) is 11.9. The number of hydrogen-bond acceptors (Lipinski definition) is 3. The van der Waals surface area contributed by atoms with Crippen molar-refractivity contribution >= 4 is 12.0 Å². The number of nitrogens with zero attached hydrogens (tertiary/aromatic N) is 1. The number of ether oxygens (including phenoxy) is 1. The summed E-state index contributed by atoms with van der Waals surface area (Å²) in [6.07, 6.45) is 1.57. The van der Waals surface area contributed by atoms with Crippen molar-refractivity contribution in [2.75, 3.05) is 6.54 Å². The van der Waals surface area contributed by atoms with Gasteiger partial charge < -0.3 is 10.5 Å². The summed E-state index contributed by atoms with van der Waals surface area (Å²) in [7, 11) is 0. The number of nitrogens with two attached hydrogens (primary N) is 1. The average molecular weight is 266 g/mol. The molecular weight excluding hydrogens is 244 g/mol. The molecule has 0 bridgehead atoms. The maximum Gasteiger partial charge on any atom is 0.411 e. The van der Waals surface area contributed by atoms with Crippen LogP contribution in [0.3, 0.4) is 0 Å². The van der Waals surface area contributed by atoms with Crippen LogP contribution in [0, 0.1) is 5.92 Å². The van der Waals surface area contributed by atoms with Crippen LogP contribution in [-0.2, 0) is 9.53 Å². The number of fused-ring (bicyclic) bond motifs is 1. The zero-order chi connectivity index (χ0) is 14.4. The maximum atomic E-state index is 12.1. The van der Waals surface area contributed by atoms with E-state index in [2.05, 4.69) is 6.58 Å². The molecule has 1 saturated heterocycles. The molecule has 0 spiro atoms. The van der Waals surface area contributed by atoms with E-state index < -0.39 is 17.0 Å².